The highest BCUT2D eigenvalue weighted by Gasteiger charge is 2.23. The smallest absolute Gasteiger partial charge is 0.256 e. The van der Waals surface area contributed by atoms with E-state index in [1.54, 1.807) is 18.3 Å². The minimum atomic E-state index is -0.121. The molecule has 22 heavy (non-hydrogen) atoms. The second-order valence-electron chi connectivity index (χ2n) is 5.91. The van der Waals surface area contributed by atoms with Gasteiger partial charge in [0.2, 0.25) is 0 Å². The molecule has 2 aromatic heterocycles. The number of rotatable bonds is 6. The van der Waals surface area contributed by atoms with Crippen molar-refractivity contribution < 1.29 is 9.32 Å². The van der Waals surface area contributed by atoms with Gasteiger partial charge in [0.1, 0.15) is 5.56 Å². The summed E-state index contributed by atoms with van der Waals surface area (Å²) in [4.78, 5) is 14.6. The van der Waals surface area contributed by atoms with Crippen LogP contribution >= 0.6 is 11.3 Å². The van der Waals surface area contributed by atoms with Gasteiger partial charge < -0.3 is 14.7 Å². The van der Waals surface area contributed by atoms with E-state index in [9.17, 15) is 4.79 Å². The number of hydrogen-bond acceptors (Lipinski definition) is 5. The minimum absolute atomic E-state index is 0.121. The molecule has 0 bridgehead atoms. The summed E-state index contributed by atoms with van der Waals surface area (Å²) in [5, 5.41) is 11.1. The second-order valence-corrected chi connectivity index (χ2v) is 6.69. The van der Waals surface area contributed by atoms with Gasteiger partial charge in [0.25, 0.3) is 5.91 Å². The fourth-order valence-corrected chi connectivity index (χ4v) is 3.11. The van der Waals surface area contributed by atoms with Gasteiger partial charge in [-0.05, 0) is 43.4 Å². The standard InChI is InChI=1S/C16H23N3O2S/c1-10(2)15-14(11(3)18-21-15)16(20)17-8-13(19(4)5)12-6-7-22-9-12/h6-7,9-10,13H,8H2,1-5H3,(H,17,20)/t13-/m0/s1. The lowest BCUT2D eigenvalue weighted by atomic mass is 10.0. The molecule has 0 saturated heterocycles. The summed E-state index contributed by atoms with van der Waals surface area (Å²) in [6.45, 7) is 6.33. The molecule has 2 aromatic rings. The highest BCUT2D eigenvalue weighted by molar-refractivity contribution is 7.07. The number of hydrogen-bond donors (Lipinski definition) is 1. The molecule has 0 fully saturated rings. The fraction of sp³-hybridized carbons (Fsp3) is 0.500. The van der Waals surface area contributed by atoms with Gasteiger partial charge in [-0.25, -0.2) is 0 Å². The highest BCUT2D eigenvalue weighted by Crippen LogP contribution is 2.23. The zero-order chi connectivity index (χ0) is 16.3. The van der Waals surface area contributed by atoms with Crippen LogP contribution in [0, 0.1) is 6.92 Å². The number of thiophene rings is 1. The van der Waals surface area contributed by atoms with Crippen LogP contribution in [0.4, 0.5) is 0 Å². The summed E-state index contributed by atoms with van der Waals surface area (Å²) < 4.78 is 5.28. The van der Waals surface area contributed by atoms with E-state index in [1.165, 1.54) is 5.56 Å². The monoisotopic (exact) mass is 321 g/mol. The molecular weight excluding hydrogens is 298 g/mol. The van der Waals surface area contributed by atoms with E-state index in [2.05, 4.69) is 32.2 Å². The third kappa shape index (κ3) is 3.56. The number of carbonyl (C=O) groups excluding carboxylic acids is 1. The molecule has 0 saturated carbocycles. The Labute approximate surface area is 135 Å². The predicted octanol–water partition coefficient (Wildman–Crippen LogP) is 3.20. The van der Waals surface area contributed by atoms with Gasteiger partial charge in [0.05, 0.1) is 11.7 Å². The van der Waals surface area contributed by atoms with E-state index in [0.717, 1.165) is 0 Å². The topological polar surface area (TPSA) is 58.4 Å². The normalized spacial score (nSPS) is 12.9. The molecular formula is C16H23N3O2S. The van der Waals surface area contributed by atoms with Crippen molar-refractivity contribution in [3.63, 3.8) is 0 Å². The molecule has 0 aliphatic rings. The van der Waals surface area contributed by atoms with Crippen molar-refractivity contribution in [2.75, 3.05) is 20.6 Å². The van der Waals surface area contributed by atoms with Crippen molar-refractivity contribution in [3.05, 3.63) is 39.4 Å². The third-order valence-electron chi connectivity index (χ3n) is 3.65. The van der Waals surface area contributed by atoms with Crippen molar-refractivity contribution in [2.24, 2.45) is 0 Å². The van der Waals surface area contributed by atoms with Crippen LogP contribution in [0.3, 0.4) is 0 Å². The molecule has 2 rings (SSSR count). The van der Waals surface area contributed by atoms with Crippen LogP contribution in [0.15, 0.2) is 21.3 Å². The van der Waals surface area contributed by atoms with Crippen molar-refractivity contribution >= 4 is 17.2 Å². The maximum Gasteiger partial charge on any atom is 0.256 e. The largest absolute Gasteiger partial charge is 0.360 e. The van der Waals surface area contributed by atoms with Crippen molar-refractivity contribution in [1.82, 2.24) is 15.4 Å². The lowest BCUT2D eigenvalue weighted by molar-refractivity contribution is 0.0939. The van der Waals surface area contributed by atoms with Gasteiger partial charge in [-0.3, -0.25) is 4.79 Å². The molecule has 0 aliphatic heterocycles. The zero-order valence-corrected chi connectivity index (χ0v) is 14.5. The Morgan fingerprint density at radius 3 is 2.73 bits per heavy atom. The maximum atomic E-state index is 12.5. The van der Waals surface area contributed by atoms with Crippen LogP contribution in [0.5, 0.6) is 0 Å². The Kier molecular flexibility index (Phi) is 5.37. The van der Waals surface area contributed by atoms with Gasteiger partial charge in [0.15, 0.2) is 5.76 Å². The molecule has 1 N–H and O–H groups in total. The van der Waals surface area contributed by atoms with Crippen LogP contribution in [0.1, 0.15) is 53.2 Å². The van der Waals surface area contributed by atoms with Crippen LogP contribution in [-0.4, -0.2) is 36.6 Å². The molecule has 1 amide bonds. The van der Waals surface area contributed by atoms with E-state index in [-0.39, 0.29) is 17.9 Å². The average Bonchev–Trinajstić information content (AvgIpc) is 3.07. The first-order chi connectivity index (χ1) is 10.4. The number of nitrogens with zero attached hydrogens (tertiary/aromatic N) is 2. The first-order valence-corrected chi connectivity index (χ1v) is 8.29. The number of nitrogens with one attached hydrogen (secondary N) is 1. The molecule has 0 aromatic carbocycles. The zero-order valence-electron chi connectivity index (χ0n) is 13.7. The van der Waals surface area contributed by atoms with E-state index >= 15 is 0 Å². The Morgan fingerprint density at radius 2 is 2.18 bits per heavy atom. The summed E-state index contributed by atoms with van der Waals surface area (Å²) in [5.74, 6) is 0.653. The van der Waals surface area contributed by atoms with Gasteiger partial charge >= 0.3 is 0 Å². The van der Waals surface area contributed by atoms with E-state index in [0.29, 0.717) is 23.6 Å². The summed E-state index contributed by atoms with van der Waals surface area (Å²) >= 11 is 1.66. The Morgan fingerprint density at radius 1 is 1.45 bits per heavy atom. The molecule has 120 valence electrons. The molecule has 1 atom stereocenters. The average molecular weight is 321 g/mol. The highest BCUT2D eigenvalue weighted by atomic mass is 32.1. The predicted molar refractivity (Wildman–Crippen MR) is 88.4 cm³/mol. The molecule has 2 heterocycles. The Balaban J connectivity index is 2.11. The van der Waals surface area contributed by atoms with E-state index in [1.807, 2.05) is 27.9 Å². The molecule has 0 radical (unpaired) electrons. The molecule has 0 aliphatic carbocycles. The molecule has 5 nitrogen and oxygen atoms in total. The summed E-state index contributed by atoms with van der Waals surface area (Å²) in [7, 11) is 4.03. The van der Waals surface area contributed by atoms with Crippen LogP contribution in [-0.2, 0) is 0 Å². The van der Waals surface area contributed by atoms with Crippen molar-refractivity contribution in [1.29, 1.82) is 0 Å². The first-order valence-electron chi connectivity index (χ1n) is 7.34. The summed E-state index contributed by atoms with van der Waals surface area (Å²) in [6.07, 6.45) is 0. The lowest BCUT2D eigenvalue weighted by Gasteiger charge is -2.24. The maximum absolute atomic E-state index is 12.5. The van der Waals surface area contributed by atoms with E-state index < -0.39 is 0 Å². The van der Waals surface area contributed by atoms with Gasteiger partial charge in [-0.2, -0.15) is 11.3 Å². The van der Waals surface area contributed by atoms with E-state index in [4.69, 9.17) is 4.52 Å². The Hall–Kier alpha value is -1.66. The molecule has 0 unspecified atom stereocenters. The van der Waals surface area contributed by atoms with Crippen LogP contribution in [0.25, 0.3) is 0 Å². The van der Waals surface area contributed by atoms with Crippen molar-refractivity contribution in [3.8, 4) is 0 Å². The summed E-state index contributed by atoms with van der Waals surface area (Å²) in [6, 6.07) is 2.24. The van der Waals surface area contributed by atoms with Crippen molar-refractivity contribution in [2.45, 2.75) is 32.7 Å². The van der Waals surface area contributed by atoms with Crippen LogP contribution in [0.2, 0.25) is 0 Å². The minimum Gasteiger partial charge on any atom is -0.360 e. The number of amides is 1. The number of aryl methyl sites for hydroxylation is 1. The van der Waals surface area contributed by atoms with Gasteiger partial charge in [0, 0.05) is 12.5 Å². The third-order valence-corrected chi connectivity index (χ3v) is 4.35. The van der Waals surface area contributed by atoms with Gasteiger partial charge in [-0.1, -0.05) is 19.0 Å². The number of aromatic nitrogens is 1. The van der Waals surface area contributed by atoms with Crippen LogP contribution < -0.4 is 5.32 Å². The second kappa shape index (κ2) is 7.07. The molecule has 6 heteroatoms. The fourth-order valence-electron chi connectivity index (χ4n) is 2.40. The van der Waals surface area contributed by atoms with Gasteiger partial charge in [-0.15, -0.1) is 0 Å². The molecule has 0 spiro atoms. The number of likely N-dealkylation sites (N-methyl/N-ethyl adjacent to an activating group) is 1. The number of carbonyl (C=O) groups is 1. The SMILES string of the molecule is Cc1noc(C(C)C)c1C(=O)NC[C@@H](c1ccsc1)N(C)C. The summed E-state index contributed by atoms with van der Waals surface area (Å²) in [5.41, 5.74) is 2.41. The first kappa shape index (κ1) is 16.7. The lowest BCUT2D eigenvalue weighted by Crippen LogP contribution is -2.34. The quantitative estimate of drug-likeness (QED) is 0.887. The Bertz CT molecular complexity index is 617.